The van der Waals surface area contributed by atoms with Crippen LogP contribution >= 0.6 is 24.2 Å². The second-order valence-electron chi connectivity index (χ2n) is 4.94. The molecule has 0 aromatic carbocycles. The predicted molar refractivity (Wildman–Crippen MR) is 75.8 cm³/mol. The van der Waals surface area contributed by atoms with Crippen LogP contribution in [0.4, 0.5) is 0 Å². The Morgan fingerprint density at radius 3 is 2.44 bits per heavy atom. The first-order valence-corrected chi connectivity index (χ1v) is 7.49. The maximum atomic E-state index is 3.71. The van der Waals surface area contributed by atoms with E-state index in [0.29, 0.717) is 0 Å². The van der Waals surface area contributed by atoms with Crippen LogP contribution in [0.5, 0.6) is 0 Å². The number of nitrogens with zero attached hydrogens (tertiary/aromatic N) is 1. The Balaban J connectivity index is 0.00000128. The lowest BCUT2D eigenvalue weighted by atomic mass is 9.99. The van der Waals surface area contributed by atoms with Crippen molar-refractivity contribution >= 4 is 24.2 Å². The van der Waals surface area contributed by atoms with E-state index in [0.717, 1.165) is 18.1 Å². The molecule has 0 aliphatic carbocycles. The number of nitrogens with one attached hydrogen (secondary N) is 1. The van der Waals surface area contributed by atoms with Crippen molar-refractivity contribution in [3.63, 3.8) is 0 Å². The molecule has 0 spiro atoms. The summed E-state index contributed by atoms with van der Waals surface area (Å²) in [6.45, 7) is 3.51. The maximum absolute atomic E-state index is 3.71. The van der Waals surface area contributed by atoms with Crippen molar-refractivity contribution in [2.24, 2.45) is 0 Å². The number of hydrogen-bond acceptors (Lipinski definition) is 3. The van der Waals surface area contributed by atoms with Gasteiger partial charge >= 0.3 is 0 Å². The van der Waals surface area contributed by atoms with Gasteiger partial charge in [-0.05, 0) is 38.5 Å². The molecule has 0 amide bonds. The molecule has 2 heterocycles. The van der Waals surface area contributed by atoms with E-state index in [9.17, 15) is 0 Å². The van der Waals surface area contributed by atoms with E-state index in [1.807, 2.05) is 0 Å². The molecule has 96 valence electrons. The number of hydrogen-bond donors (Lipinski definition) is 1. The van der Waals surface area contributed by atoms with Crippen molar-refractivity contribution in [2.45, 2.75) is 50.7 Å². The summed E-state index contributed by atoms with van der Waals surface area (Å²) >= 11 is 2.06. The third-order valence-electron chi connectivity index (χ3n) is 3.86. The zero-order valence-electron chi connectivity index (χ0n) is 10.4. The van der Waals surface area contributed by atoms with Crippen LogP contribution in [0.2, 0.25) is 0 Å². The fourth-order valence-corrected chi connectivity index (χ4v) is 3.63. The summed E-state index contributed by atoms with van der Waals surface area (Å²) in [7, 11) is 2.31. The van der Waals surface area contributed by atoms with Crippen LogP contribution in [0, 0.1) is 0 Å². The largest absolute Gasteiger partial charge is 0.311 e. The number of rotatable bonds is 5. The Morgan fingerprint density at radius 1 is 1.25 bits per heavy atom. The molecule has 2 atom stereocenters. The SMILES string of the molecule is CCSCCN(C)C1CC2CCC(C1)N2.Cl. The molecule has 1 N–H and O–H groups in total. The highest BCUT2D eigenvalue weighted by atomic mass is 35.5. The third-order valence-corrected chi connectivity index (χ3v) is 4.74. The first-order chi connectivity index (χ1) is 7.29. The molecule has 2 fully saturated rings. The van der Waals surface area contributed by atoms with Gasteiger partial charge in [0.05, 0.1) is 0 Å². The molecular formula is C12H25ClN2S. The molecule has 2 aliphatic heterocycles. The second-order valence-corrected chi connectivity index (χ2v) is 6.33. The monoisotopic (exact) mass is 264 g/mol. The molecule has 2 bridgehead atoms. The normalized spacial score (nSPS) is 32.8. The number of halogens is 1. The van der Waals surface area contributed by atoms with Gasteiger partial charge in [-0.2, -0.15) is 11.8 Å². The van der Waals surface area contributed by atoms with Gasteiger partial charge in [0, 0.05) is 30.4 Å². The lowest BCUT2D eigenvalue weighted by Gasteiger charge is -2.35. The minimum absolute atomic E-state index is 0. The summed E-state index contributed by atoms with van der Waals surface area (Å²) in [5, 5.41) is 3.71. The van der Waals surface area contributed by atoms with Gasteiger partial charge < -0.3 is 10.2 Å². The quantitative estimate of drug-likeness (QED) is 0.768. The lowest BCUT2D eigenvalue weighted by molar-refractivity contribution is 0.181. The predicted octanol–water partition coefficient (Wildman–Crippen LogP) is 2.38. The van der Waals surface area contributed by atoms with Gasteiger partial charge in [-0.25, -0.2) is 0 Å². The van der Waals surface area contributed by atoms with Crippen molar-refractivity contribution in [3.05, 3.63) is 0 Å². The van der Waals surface area contributed by atoms with Crippen LogP contribution in [0.1, 0.15) is 32.6 Å². The van der Waals surface area contributed by atoms with Crippen molar-refractivity contribution in [1.82, 2.24) is 10.2 Å². The molecule has 0 aromatic rings. The van der Waals surface area contributed by atoms with Gasteiger partial charge in [-0.3, -0.25) is 0 Å². The minimum atomic E-state index is 0. The second kappa shape index (κ2) is 7.10. The lowest BCUT2D eigenvalue weighted by Crippen LogP contribution is -2.47. The average molecular weight is 265 g/mol. The van der Waals surface area contributed by atoms with Gasteiger partial charge in [0.2, 0.25) is 0 Å². The smallest absolute Gasteiger partial charge is 0.0122 e. The van der Waals surface area contributed by atoms with Crippen molar-refractivity contribution < 1.29 is 0 Å². The van der Waals surface area contributed by atoms with E-state index in [1.54, 1.807) is 0 Å². The zero-order chi connectivity index (χ0) is 10.7. The molecule has 2 rings (SSSR count). The molecule has 0 aromatic heterocycles. The summed E-state index contributed by atoms with van der Waals surface area (Å²) in [5.41, 5.74) is 0. The summed E-state index contributed by atoms with van der Waals surface area (Å²) in [6.07, 6.45) is 5.59. The number of fused-ring (bicyclic) bond motifs is 2. The standard InChI is InChI=1S/C12H24N2S.ClH/c1-3-15-7-6-14(2)12-8-10-4-5-11(9-12)13-10;/h10-13H,3-9H2,1-2H3;1H. The molecule has 2 aliphatic rings. The van der Waals surface area contributed by atoms with Crippen LogP contribution in [0.15, 0.2) is 0 Å². The fourth-order valence-electron chi connectivity index (χ4n) is 2.92. The van der Waals surface area contributed by atoms with E-state index in [4.69, 9.17) is 0 Å². The first kappa shape index (κ1) is 14.6. The molecule has 2 nitrogen and oxygen atoms in total. The van der Waals surface area contributed by atoms with Crippen LogP contribution < -0.4 is 5.32 Å². The van der Waals surface area contributed by atoms with Gasteiger partial charge in [0.1, 0.15) is 0 Å². The molecule has 4 heteroatoms. The van der Waals surface area contributed by atoms with Crippen LogP contribution in [0.25, 0.3) is 0 Å². The van der Waals surface area contributed by atoms with Crippen molar-refractivity contribution in [3.8, 4) is 0 Å². The summed E-state index contributed by atoms with van der Waals surface area (Å²) < 4.78 is 0. The highest BCUT2D eigenvalue weighted by Gasteiger charge is 2.34. The average Bonchev–Trinajstić information content (AvgIpc) is 2.58. The Morgan fingerprint density at radius 2 is 1.88 bits per heavy atom. The van der Waals surface area contributed by atoms with E-state index in [2.05, 4.69) is 35.9 Å². The number of piperidine rings is 1. The van der Waals surface area contributed by atoms with Crippen LogP contribution in [0.3, 0.4) is 0 Å². The molecule has 16 heavy (non-hydrogen) atoms. The van der Waals surface area contributed by atoms with Crippen molar-refractivity contribution in [1.29, 1.82) is 0 Å². The fraction of sp³-hybridized carbons (Fsp3) is 1.00. The zero-order valence-corrected chi connectivity index (χ0v) is 12.1. The Labute approximate surface area is 110 Å². The highest BCUT2D eigenvalue weighted by molar-refractivity contribution is 7.99. The maximum Gasteiger partial charge on any atom is 0.0122 e. The van der Waals surface area contributed by atoms with Gasteiger partial charge in [0.25, 0.3) is 0 Å². The Bertz CT molecular complexity index is 191. The van der Waals surface area contributed by atoms with E-state index in [1.165, 1.54) is 43.7 Å². The summed E-state index contributed by atoms with van der Waals surface area (Å²) in [5.74, 6) is 2.55. The number of thioether (sulfide) groups is 1. The first-order valence-electron chi connectivity index (χ1n) is 6.33. The molecule has 0 radical (unpaired) electrons. The van der Waals surface area contributed by atoms with Crippen molar-refractivity contribution in [2.75, 3.05) is 25.1 Å². The molecule has 0 saturated carbocycles. The topological polar surface area (TPSA) is 15.3 Å². The Kier molecular flexibility index (Phi) is 6.48. The van der Waals surface area contributed by atoms with Crippen LogP contribution in [-0.4, -0.2) is 48.1 Å². The Hall–Kier alpha value is 0.560. The third kappa shape index (κ3) is 3.80. The minimum Gasteiger partial charge on any atom is -0.311 e. The van der Waals surface area contributed by atoms with E-state index in [-0.39, 0.29) is 12.4 Å². The van der Waals surface area contributed by atoms with Gasteiger partial charge in [0.15, 0.2) is 0 Å². The highest BCUT2D eigenvalue weighted by Crippen LogP contribution is 2.29. The van der Waals surface area contributed by atoms with E-state index >= 15 is 0 Å². The van der Waals surface area contributed by atoms with Gasteiger partial charge in [-0.1, -0.05) is 6.92 Å². The molecule has 2 unspecified atom stereocenters. The van der Waals surface area contributed by atoms with Gasteiger partial charge in [-0.15, -0.1) is 12.4 Å². The summed E-state index contributed by atoms with van der Waals surface area (Å²) in [6, 6.07) is 2.51. The molecular weight excluding hydrogens is 240 g/mol. The van der Waals surface area contributed by atoms with E-state index < -0.39 is 0 Å². The molecule has 2 saturated heterocycles. The van der Waals surface area contributed by atoms with Crippen LogP contribution in [-0.2, 0) is 0 Å². The summed E-state index contributed by atoms with van der Waals surface area (Å²) in [4.78, 5) is 2.59.